The summed E-state index contributed by atoms with van der Waals surface area (Å²) < 4.78 is 8.62. The second kappa shape index (κ2) is 4.43. The predicted molar refractivity (Wildman–Crippen MR) is 62.2 cm³/mol. The third kappa shape index (κ3) is 1.85. The van der Waals surface area contributed by atoms with Gasteiger partial charge in [-0.05, 0) is 13.8 Å². The number of carbonyl (C=O) groups excluding carboxylic acids is 3. The van der Waals surface area contributed by atoms with Gasteiger partial charge in [0.1, 0.15) is 17.5 Å². The molecule has 100 valence electrons. The number of nitrogens with zero attached hydrogens (tertiary/aromatic N) is 1. The monoisotopic (exact) mass is 274 g/mol. The van der Waals surface area contributed by atoms with E-state index < -0.39 is 29.6 Å². The summed E-state index contributed by atoms with van der Waals surface area (Å²) in [6.45, 7) is 3.44. The molecule has 2 fully saturated rings. The first-order chi connectivity index (χ1) is 8.40. The highest BCUT2D eigenvalue weighted by molar-refractivity contribution is 8.01. The molecule has 1 unspecified atom stereocenters. The van der Waals surface area contributed by atoms with Gasteiger partial charge in [0.15, 0.2) is 0 Å². The number of thioether (sulfide) groups is 1. The van der Waals surface area contributed by atoms with Crippen molar-refractivity contribution in [1.29, 1.82) is 0 Å². The number of nitrogens with two attached hydrogens (primary N) is 1. The van der Waals surface area contributed by atoms with Crippen molar-refractivity contribution in [2.75, 3.05) is 6.79 Å². The lowest BCUT2D eigenvalue weighted by Crippen LogP contribution is -2.68. The van der Waals surface area contributed by atoms with E-state index in [-0.39, 0.29) is 17.8 Å². The van der Waals surface area contributed by atoms with Crippen LogP contribution in [0.3, 0.4) is 0 Å². The van der Waals surface area contributed by atoms with Gasteiger partial charge >= 0.3 is 5.97 Å². The summed E-state index contributed by atoms with van der Waals surface area (Å²) in [5.74, 6) is -0.839. The minimum Gasteiger partial charge on any atom is -0.430 e. The SMILES string of the molecule is CC1(C)S[C@@H]2C(N)C(=O)N2[C@H]1C(=O)OCOC=O. The van der Waals surface area contributed by atoms with E-state index in [1.807, 2.05) is 13.8 Å². The van der Waals surface area contributed by atoms with Gasteiger partial charge in [-0.2, -0.15) is 0 Å². The van der Waals surface area contributed by atoms with Crippen LogP contribution in [-0.2, 0) is 23.9 Å². The molecule has 2 saturated heterocycles. The molecule has 0 radical (unpaired) electrons. The fourth-order valence-electron chi connectivity index (χ4n) is 2.22. The van der Waals surface area contributed by atoms with Crippen molar-refractivity contribution in [2.45, 2.75) is 36.1 Å². The second-order valence-corrected chi connectivity index (χ2v) is 6.40. The van der Waals surface area contributed by atoms with Gasteiger partial charge in [-0.1, -0.05) is 0 Å². The average molecular weight is 274 g/mol. The van der Waals surface area contributed by atoms with Crippen LogP contribution in [0.15, 0.2) is 0 Å². The van der Waals surface area contributed by atoms with Gasteiger partial charge in [-0.25, -0.2) is 4.79 Å². The molecule has 3 atom stereocenters. The summed E-state index contributed by atoms with van der Waals surface area (Å²) >= 11 is 1.47. The zero-order chi connectivity index (χ0) is 13.5. The summed E-state index contributed by atoms with van der Waals surface area (Å²) in [4.78, 5) is 35.0. The molecule has 2 N–H and O–H groups in total. The average Bonchev–Trinajstić information content (AvgIpc) is 2.58. The van der Waals surface area contributed by atoms with Crippen molar-refractivity contribution in [3.8, 4) is 0 Å². The van der Waals surface area contributed by atoms with E-state index >= 15 is 0 Å². The van der Waals surface area contributed by atoms with Crippen LogP contribution in [0.2, 0.25) is 0 Å². The standard InChI is InChI=1S/C10H14N2O5S/c1-10(2)6(9(15)17-4-16-3-13)12-7(14)5(11)8(12)18-10/h3,5-6,8H,4,11H2,1-2H3/t5?,6-,8+/m0/s1. The van der Waals surface area contributed by atoms with Crippen LogP contribution in [0.5, 0.6) is 0 Å². The van der Waals surface area contributed by atoms with Crippen LogP contribution in [-0.4, -0.2) is 52.2 Å². The molecule has 1 amide bonds. The molecule has 7 nitrogen and oxygen atoms in total. The summed E-state index contributed by atoms with van der Waals surface area (Å²) in [7, 11) is 0. The van der Waals surface area contributed by atoms with Crippen molar-refractivity contribution in [3.05, 3.63) is 0 Å². The number of β-lactam (4-membered cyclic amide) rings is 1. The van der Waals surface area contributed by atoms with Crippen molar-refractivity contribution in [1.82, 2.24) is 4.90 Å². The highest BCUT2D eigenvalue weighted by atomic mass is 32.2. The first-order valence-electron chi connectivity index (χ1n) is 5.37. The molecular formula is C10H14N2O5S. The maximum absolute atomic E-state index is 11.9. The third-order valence-corrected chi connectivity index (χ3v) is 4.64. The number of amides is 1. The van der Waals surface area contributed by atoms with Gasteiger partial charge in [0.25, 0.3) is 6.47 Å². The van der Waals surface area contributed by atoms with E-state index in [1.165, 1.54) is 16.7 Å². The fraction of sp³-hybridized carbons (Fsp3) is 0.700. The van der Waals surface area contributed by atoms with Gasteiger partial charge in [0.05, 0.1) is 0 Å². The third-order valence-electron chi connectivity index (χ3n) is 3.04. The Hall–Kier alpha value is -1.28. The van der Waals surface area contributed by atoms with E-state index in [9.17, 15) is 14.4 Å². The van der Waals surface area contributed by atoms with Crippen LogP contribution in [0.1, 0.15) is 13.8 Å². The van der Waals surface area contributed by atoms with Crippen molar-refractivity contribution in [3.63, 3.8) is 0 Å². The Morgan fingerprint density at radius 2 is 2.28 bits per heavy atom. The molecule has 2 aliphatic heterocycles. The van der Waals surface area contributed by atoms with Crippen molar-refractivity contribution in [2.24, 2.45) is 5.73 Å². The number of esters is 1. The van der Waals surface area contributed by atoms with Crippen LogP contribution < -0.4 is 5.73 Å². The minimum atomic E-state index is -0.699. The molecule has 0 bridgehead atoms. The van der Waals surface area contributed by atoms with E-state index in [2.05, 4.69) is 4.74 Å². The van der Waals surface area contributed by atoms with E-state index in [0.29, 0.717) is 0 Å². The van der Waals surface area contributed by atoms with E-state index in [4.69, 9.17) is 10.5 Å². The Morgan fingerprint density at radius 3 is 2.89 bits per heavy atom. The molecule has 2 aliphatic rings. The lowest BCUT2D eigenvalue weighted by atomic mass is 9.96. The topological polar surface area (TPSA) is 98.9 Å². The quantitative estimate of drug-likeness (QED) is 0.232. The smallest absolute Gasteiger partial charge is 0.333 e. The highest BCUT2D eigenvalue weighted by Gasteiger charge is 2.63. The zero-order valence-corrected chi connectivity index (χ0v) is 10.8. The highest BCUT2D eigenvalue weighted by Crippen LogP contribution is 2.50. The molecule has 0 spiro atoms. The lowest BCUT2D eigenvalue weighted by Gasteiger charge is -2.41. The molecule has 2 heterocycles. The maximum atomic E-state index is 11.9. The molecule has 8 heteroatoms. The van der Waals surface area contributed by atoms with Crippen molar-refractivity contribution < 1.29 is 23.9 Å². The Balaban J connectivity index is 2.08. The minimum absolute atomic E-state index is 0.183. The molecule has 18 heavy (non-hydrogen) atoms. The van der Waals surface area contributed by atoms with Crippen LogP contribution in [0.25, 0.3) is 0 Å². The molecule has 0 aromatic heterocycles. The maximum Gasteiger partial charge on any atom is 0.333 e. The number of carbonyl (C=O) groups is 3. The lowest BCUT2D eigenvalue weighted by molar-refractivity contribution is -0.172. The first kappa shape index (κ1) is 13.2. The first-order valence-corrected chi connectivity index (χ1v) is 6.25. The normalized spacial score (nSPS) is 32.5. The van der Waals surface area contributed by atoms with Crippen LogP contribution >= 0.6 is 11.8 Å². The molecule has 0 aromatic rings. The Kier molecular flexibility index (Phi) is 3.24. The molecular weight excluding hydrogens is 260 g/mol. The number of fused-ring (bicyclic) bond motifs is 1. The number of ether oxygens (including phenoxy) is 2. The predicted octanol–water partition coefficient (Wildman–Crippen LogP) is -0.950. The van der Waals surface area contributed by atoms with Gasteiger partial charge in [-0.3, -0.25) is 9.59 Å². The Labute approximate surface area is 108 Å². The van der Waals surface area contributed by atoms with Gasteiger partial charge in [0, 0.05) is 4.75 Å². The van der Waals surface area contributed by atoms with Gasteiger partial charge < -0.3 is 20.1 Å². The fourth-order valence-corrected chi connectivity index (χ4v) is 3.78. The summed E-state index contributed by atoms with van der Waals surface area (Å²) in [6, 6.07) is -1.26. The van der Waals surface area contributed by atoms with Crippen LogP contribution in [0.4, 0.5) is 0 Å². The van der Waals surface area contributed by atoms with Gasteiger partial charge in [-0.15, -0.1) is 11.8 Å². The van der Waals surface area contributed by atoms with E-state index in [0.717, 1.165) is 0 Å². The summed E-state index contributed by atoms with van der Waals surface area (Å²) in [5, 5.41) is -0.183. The molecule has 0 aliphatic carbocycles. The number of hydrogen-bond acceptors (Lipinski definition) is 7. The Morgan fingerprint density at radius 1 is 1.61 bits per heavy atom. The molecule has 0 aromatic carbocycles. The second-order valence-electron chi connectivity index (χ2n) is 4.63. The summed E-state index contributed by atoms with van der Waals surface area (Å²) in [5.41, 5.74) is 5.68. The van der Waals surface area contributed by atoms with Crippen molar-refractivity contribution >= 4 is 30.1 Å². The molecule has 0 saturated carbocycles. The largest absolute Gasteiger partial charge is 0.430 e. The zero-order valence-electron chi connectivity index (χ0n) is 9.99. The molecule has 2 rings (SSSR count). The number of hydrogen-bond donors (Lipinski definition) is 1. The number of rotatable bonds is 4. The Bertz CT molecular complexity index is 400. The summed E-state index contributed by atoms with van der Waals surface area (Å²) in [6.07, 6.45) is 0. The van der Waals surface area contributed by atoms with E-state index in [1.54, 1.807) is 0 Å². The van der Waals surface area contributed by atoms with Crippen LogP contribution in [0, 0.1) is 0 Å². The van der Waals surface area contributed by atoms with Gasteiger partial charge in [0.2, 0.25) is 12.7 Å².